The van der Waals surface area contributed by atoms with Crippen molar-refractivity contribution in [2.75, 3.05) is 0 Å². The molecule has 0 bridgehead atoms. The maximum Gasteiger partial charge on any atom is 0.328 e. The number of fused-ring (bicyclic) bond motifs is 1. The largest absolute Gasteiger partial charge is 0.328 e. The zero-order valence-electron chi connectivity index (χ0n) is 13.6. The first-order valence-electron chi connectivity index (χ1n) is 7.98. The maximum absolute atomic E-state index is 12.4. The van der Waals surface area contributed by atoms with E-state index < -0.39 is 11.2 Å². The number of hydrogen-bond donors (Lipinski definition) is 2. The second kappa shape index (κ2) is 5.90. The zero-order chi connectivity index (χ0) is 17.4. The molecule has 6 nitrogen and oxygen atoms in total. The number of hydrogen-bond acceptors (Lipinski definition) is 3. The van der Waals surface area contributed by atoms with Crippen LogP contribution >= 0.6 is 0 Å². The van der Waals surface area contributed by atoms with Gasteiger partial charge >= 0.3 is 5.69 Å². The Labute approximate surface area is 142 Å². The number of rotatable bonds is 3. The number of aromatic nitrogens is 4. The van der Waals surface area contributed by atoms with Gasteiger partial charge in [-0.2, -0.15) is 5.10 Å². The summed E-state index contributed by atoms with van der Waals surface area (Å²) in [4.78, 5) is 27.2. The Morgan fingerprint density at radius 3 is 2.60 bits per heavy atom. The lowest BCUT2D eigenvalue weighted by atomic mass is 10.0. The lowest BCUT2D eigenvalue weighted by molar-refractivity contribution is 0.596. The number of aromatic amines is 2. The lowest BCUT2D eigenvalue weighted by Gasteiger charge is -2.16. The van der Waals surface area contributed by atoms with Crippen LogP contribution in [0.1, 0.15) is 18.5 Å². The number of nitrogens with one attached hydrogen (secondary N) is 2. The van der Waals surface area contributed by atoms with Crippen LogP contribution < -0.4 is 11.2 Å². The van der Waals surface area contributed by atoms with E-state index in [2.05, 4.69) is 15.2 Å². The van der Waals surface area contributed by atoms with Crippen molar-refractivity contribution >= 4 is 10.9 Å². The third kappa shape index (κ3) is 2.57. The van der Waals surface area contributed by atoms with Crippen LogP contribution in [0.25, 0.3) is 22.0 Å². The molecule has 0 spiro atoms. The molecule has 0 radical (unpaired) electrons. The molecule has 2 heterocycles. The molecule has 0 saturated carbocycles. The van der Waals surface area contributed by atoms with Crippen LogP contribution in [0.15, 0.2) is 70.5 Å². The second-order valence-electron chi connectivity index (χ2n) is 5.94. The molecule has 4 rings (SSSR count). The van der Waals surface area contributed by atoms with Gasteiger partial charge in [-0.25, -0.2) is 4.79 Å². The van der Waals surface area contributed by atoms with Crippen LogP contribution in [0.4, 0.5) is 0 Å². The van der Waals surface area contributed by atoms with Crippen molar-refractivity contribution in [3.05, 3.63) is 87.3 Å². The van der Waals surface area contributed by atoms with Crippen molar-refractivity contribution in [1.29, 1.82) is 0 Å². The third-order valence-corrected chi connectivity index (χ3v) is 4.43. The Morgan fingerprint density at radius 1 is 1.00 bits per heavy atom. The minimum absolute atomic E-state index is 0.203. The van der Waals surface area contributed by atoms with Crippen molar-refractivity contribution in [2.45, 2.75) is 13.0 Å². The summed E-state index contributed by atoms with van der Waals surface area (Å²) in [6, 6.07) is 15.1. The topological polar surface area (TPSA) is 83.5 Å². The van der Waals surface area contributed by atoms with Crippen molar-refractivity contribution in [3.8, 4) is 11.1 Å². The van der Waals surface area contributed by atoms with E-state index in [0.717, 1.165) is 16.5 Å². The molecule has 1 atom stereocenters. The van der Waals surface area contributed by atoms with E-state index in [-0.39, 0.29) is 6.04 Å². The summed E-state index contributed by atoms with van der Waals surface area (Å²) in [5, 5.41) is 7.86. The molecular weight excluding hydrogens is 316 g/mol. The van der Waals surface area contributed by atoms with Crippen molar-refractivity contribution in [3.63, 3.8) is 0 Å². The van der Waals surface area contributed by atoms with Gasteiger partial charge in [0.2, 0.25) is 0 Å². The summed E-state index contributed by atoms with van der Waals surface area (Å²) in [7, 11) is 0. The van der Waals surface area contributed by atoms with Gasteiger partial charge in [0.25, 0.3) is 5.56 Å². The van der Waals surface area contributed by atoms with Crippen LogP contribution in [-0.4, -0.2) is 19.7 Å². The summed E-state index contributed by atoms with van der Waals surface area (Å²) in [6.45, 7) is 1.93. The molecule has 0 fully saturated rings. The zero-order valence-corrected chi connectivity index (χ0v) is 13.6. The second-order valence-corrected chi connectivity index (χ2v) is 5.94. The van der Waals surface area contributed by atoms with E-state index in [1.54, 1.807) is 17.0 Å². The highest BCUT2D eigenvalue weighted by molar-refractivity contribution is 5.92. The van der Waals surface area contributed by atoms with E-state index in [9.17, 15) is 9.59 Å². The van der Waals surface area contributed by atoms with E-state index in [0.29, 0.717) is 11.1 Å². The van der Waals surface area contributed by atoms with E-state index >= 15 is 0 Å². The fraction of sp³-hybridized carbons (Fsp3) is 0.105. The van der Waals surface area contributed by atoms with Gasteiger partial charge in [-0.1, -0.05) is 48.5 Å². The van der Waals surface area contributed by atoms with Gasteiger partial charge in [0.15, 0.2) is 0 Å². The Kier molecular flexibility index (Phi) is 3.57. The molecule has 0 aliphatic rings. The molecule has 25 heavy (non-hydrogen) atoms. The molecule has 0 aliphatic heterocycles. The highest BCUT2D eigenvalue weighted by atomic mass is 16.2. The lowest BCUT2D eigenvalue weighted by Crippen LogP contribution is -2.32. The van der Waals surface area contributed by atoms with Crippen molar-refractivity contribution < 1.29 is 0 Å². The van der Waals surface area contributed by atoms with Crippen molar-refractivity contribution in [2.24, 2.45) is 0 Å². The van der Waals surface area contributed by atoms with Gasteiger partial charge in [0.1, 0.15) is 0 Å². The average molecular weight is 332 g/mol. The van der Waals surface area contributed by atoms with E-state index in [1.807, 2.05) is 55.5 Å². The molecule has 124 valence electrons. The van der Waals surface area contributed by atoms with Gasteiger partial charge in [-0.3, -0.25) is 19.4 Å². The molecule has 0 amide bonds. The minimum Gasteiger partial charge on any atom is -0.293 e. The number of para-hydroxylation sites is 1. The molecule has 0 aliphatic carbocycles. The predicted octanol–water partition coefficient (Wildman–Crippen LogP) is 2.69. The average Bonchev–Trinajstić information content (AvgIpc) is 3.11. The molecular formula is C19H16N4O2. The van der Waals surface area contributed by atoms with Gasteiger partial charge in [-0.05, 0) is 12.5 Å². The van der Waals surface area contributed by atoms with Crippen LogP contribution in [0.5, 0.6) is 0 Å². The number of H-pyrrole nitrogens is 2. The summed E-state index contributed by atoms with van der Waals surface area (Å²) < 4.78 is 1.54. The molecule has 2 aromatic carbocycles. The normalized spacial score (nSPS) is 12.4. The fourth-order valence-electron chi connectivity index (χ4n) is 3.05. The highest BCUT2D eigenvalue weighted by Crippen LogP contribution is 2.25. The van der Waals surface area contributed by atoms with Crippen LogP contribution in [0.2, 0.25) is 0 Å². The number of nitrogens with zero attached hydrogens (tertiary/aromatic N) is 2. The van der Waals surface area contributed by atoms with E-state index in [4.69, 9.17) is 0 Å². The van der Waals surface area contributed by atoms with Crippen LogP contribution in [0.3, 0.4) is 0 Å². The molecule has 0 unspecified atom stereocenters. The summed E-state index contributed by atoms with van der Waals surface area (Å²) in [5.74, 6) is 0. The van der Waals surface area contributed by atoms with Gasteiger partial charge in [-0.15, -0.1) is 0 Å². The van der Waals surface area contributed by atoms with Crippen LogP contribution in [0, 0.1) is 0 Å². The van der Waals surface area contributed by atoms with E-state index in [1.165, 1.54) is 0 Å². The Bertz CT molecular complexity index is 1160. The quantitative estimate of drug-likeness (QED) is 0.605. The maximum atomic E-state index is 12.4. The Hall–Kier alpha value is -3.41. The first-order chi connectivity index (χ1) is 12.1. The molecule has 4 aromatic rings. The first kappa shape index (κ1) is 15.1. The van der Waals surface area contributed by atoms with Crippen molar-refractivity contribution in [1.82, 2.24) is 19.7 Å². The van der Waals surface area contributed by atoms with Crippen LogP contribution in [-0.2, 0) is 0 Å². The summed E-state index contributed by atoms with van der Waals surface area (Å²) >= 11 is 0. The molecule has 6 heteroatoms. The minimum atomic E-state index is -0.429. The predicted molar refractivity (Wildman–Crippen MR) is 96.7 cm³/mol. The number of benzene rings is 2. The smallest absolute Gasteiger partial charge is 0.293 e. The Morgan fingerprint density at radius 2 is 1.80 bits per heavy atom. The first-order valence-corrected chi connectivity index (χ1v) is 7.98. The van der Waals surface area contributed by atoms with Gasteiger partial charge in [0.05, 0.1) is 23.3 Å². The fourth-order valence-corrected chi connectivity index (χ4v) is 3.05. The standard InChI is InChI=1S/C19H16N4O2/c1-12(13-6-3-2-4-7-13)23-11-16(18(24)21-19(23)25)15-9-5-8-14-10-20-22-17(14)15/h2-12H,1H3,(H,20,22)(H,21,24,25)/t12-/m0/s1. The highest BCUT2D eigenvalue weighted by Gasteiger charge is 2.15. The van der Waals surface area contributed by atoms with Gasteiger partial charge in [0, 0.05) is 17.1 Å². The monoisotopic (exact) mass is 332 g/mol. The SMILES string of the molecule is C[C@@H](c1ccccc1)n1cc(-c2cccc3cn[nH]c23)c(=O)[nH]c1=O. The molecule has 2 aromatic heterocycles. The summed E-state index contributed by atoms with van der Waals surface area (Å²) in [5.41, 5.74) is 2.06. The third-order valence-electron chi connectivity index (χ3n) is 4.43. The molecule has 2 N–H and O–H groups in total. The summed E-state index contributed by atoms with van der Waals surface area (Å²) in [6.07, 6.45) is 3.32. The molecule has 0 saturated heterocycles. The van der Waals surface area contributed by atoms with Gasteiger partial charge < -0.3 is 0 Å². The Balaban J connectivity index is 1.92.